The number of hydrogen-bond acceptors (Lipinski definition) is 6. The minimum atomic E-state index is -0.343. The van der Waals surface area contributed by atoms with Crippen molar-refractivity contribution in [3.05, 3.63) is 52.9 Å². The molecule has 0 saturated carbocycles. The predicted octanol–water partition coefficient (Wildman–Crippen LogP) is 3.79. The molecule has 6 nitrogen and oxygen atoms in total. The lowest BCUT2D eigenvalue weighted by molar-refractivity contribution is -0.137. The van der Waals surface area contributed by atoms with Crippen LogP contribution >= 0.6 is 0 Å². The van der Waals surface area contributed by atoms with E-state index in [4.69, 9.17) is 18.6 Å². The lowest BCUT2D eigenvalue weighted by Gasteiger charge is -2.18. The molecule has 0 unspecified atom stereocenters. The number of hydrogen-bond donors (Lipinski definition) is 0. The molecule has 2 heterocycles. The summed E-state index contributed by atoms with van der Waals surface area (Å²) in [5.41, 5.74) is 1.29. The van der Waals surface area contributed by atoms with E-state index in [2.05, 4.69) is 0 Å². The number of benzene rings is 2. The Balaban J connectivity index is 1.72. The summed E-state index contributed by atoms with van der Waals surface area (Å²) in [5.74, 6) is 1.02. The second-order valence-electron chi connectivity index (χ2n) is 6.57. The number of carbonyl (C=O) groups excluding carboxylic acids is 1. The molecule has 27 heavy (non-hydrogen) atoms. The first-order valence-electron chi connectivity index (χ1n) is 8.70. The highest BCUT2D eigenvalue weighted by Gasteiger charge is 2.16. The van der Waals surface area contributed by atoms with Crippen LogP contribution in [0.2, 0.25) is 0 Å². The van der Waals surface area contributed by atoms with E-state index in [1.807, 2.05) is 0 Å². The molecule has 1 aliphatic heterocycles. The van der Waals surface area contributed by atoms with E-state index in [1.165, 1.54) is 6.26 Å². The molecule has 0 bridgehead atoms. The van der Waals surface area contributed by atoms with Gasteiger partial charge in [0.1, 0.15) is 30.8 Å². The highest BCUT2D eigenvalue weighted by Crippen LogP contribution is 2.34. The molecule has 6 heteroatoms. The summed E-state index contributed by atoms with van der Waals surface area (Å²) in [6.07, 6.45) is 1.41. The predicted molar refractivity (Wildman–Crippen MR) is 99.4 cm³/mol. The number of fused-ring (bicyclic) bond motifs is 2. The first kappa shape index (κ1) is 17.1. The average Bonchev–Trinajstić information content (AvgIpc) is 2.68. The van der Waals surface area contributed by atoms with E-state index >= 15 is 0 Å². The van der Waals surface area contributed by atoms with Crippen LogP contribution in [0.3, 0.4) is 0 Å². The number of rotatable bonds is 3. The van der Waals surface area contributed by atoms with Crippen molar-refractivity contribution in [3.63, 3.8) is 0 Å². The van der Waals surface area contributed by atoms with Crippen LogP contribution in [-0.4, -0.2) is 19.2 Å². The Morgan fingerprint density at radius 1 is 1.04 bits per heavy atom. The standard InChI is InChI=1S/C21H18O6/c1-12(2)21(23)27-14-4-5-15-18(10-14)26-11-16(20(15)22)13-3-6-17-19(9-13)25-8-7-24-17/h3-6,9-12H,7-8H2,1-2H3. The van der Waals surface area contributed by atoms with Crippen molar-refractivity contribution in [3.8, 4) is 28.4 Å². The minimum absolute atomic E-state index is 0.172. The molecule has 0 spiro atoms. The molecule has 0 aliphatic carbocycles. The monoisotopic (exact) mass is 366 g/mol. The highest BCUT2D eigenvalue weighted by molar-refractivity contribution is 5.84. The summed E-state index contributed by atoms with van der Waals surface area (Å²) in [5, 5.41) is 0.409. The summed E-state index contributed by atoms with van der Waals surface area (Å²) >= 11 is 0. The van der Waals surface area contributed by atoms with E-state index in [0.717, 1.165) is 0 Å². The van der Waals surface area contributed by atoms with Gasteiger partial charge in [-0.1, -0.05) is 19.9 Å². The summed E-state index contributed by atoms with van der Waals surface area (Å²) < 4.78 is 22.0. The Labute approximate surface area is 155 Å². The van der Waals surface area contributed by atoms with E-state index in [0.29, 0.717) is 52.6 Å². The number of ether oxygens (including phenoxy) is 3. The van der Waals surface area contributed by atoms with Crippen LogP contribution in [0.15, 0.2) is 51.9 Å². The number of esters is 1. The maximum atomic E-state index is 12.9. The van der Waals surface area contributed by atoms with Crippen molar-refractivity contribution in [1.82, 2.24) is 0 Å². The fourth-order valence-corrected chi connectivity index (χ4v) is 2.82. The topological polar surface area (TPSA) is 75.0 Å². The van der Waals surface area contributed by atoms with E-state index in [9.17, 15) is 9.59 Å². The van der Waals surface area contributed by atoms with E-state index in [-0.39, 0.29) is 17.3 Å². The van der Waals surface area contributed by atoms with Crippen LogP contribution in [0.25, 0.3) is 22.1 Å². The van der Waals surface area contributed by atoms with Crippen LogP contribution in [0.4, 0.5) is 0 Å². The summed E-state index contributed by atoms with van der Waals surface area (Å²) in [7, 11) is 0. The quantitative estimate of drug-likeness (QED) is 0.519. The van der Waals surface area contributed by atoms with Crippen molar-refractivity contribution < 1.29 is 23.4 Å². The Kier molecular flexibility index (Phi) is 4.32. The first-order valence-corrected chi connectivity index (χ1v) is 8.70. The fraction of sp³-hybridized carbons (Fsp3) is 0.238. The van der Waals surface area contributed by atoms with Gasteiger partial charge in [0.15, 0.2) is 16.9 Å². The second-order valence-corrected chi connectivity index (χ2v) is 6.57. The van der Waals surface area contributed by atoms with Gasteiger partial charge in [0.2, 0.25) is 0 Å². The zero-order valence-corrected chi connectivity index (χ0v) is 15.0. The van der Waals surface area contributed by atoms with Crippen molar-refractivity contribution in [2.24, 2.45) is 5.92 Å². The molecular formula is C21H18O6. The zero-order valence-electron chi connectivity index (χ0n) is 15.0. The maximum absolute atomic E-state index is 12.9. The third kappa shape index (κ3) is 3.26. The van der Waals surface area contributed by atoms with Crippen LogP contribution in [0.1, 0.15) is 13.8 Å². The van der Waals surface area contributed by atoms with Gasteiger partial charge >= 0.3 is 5.97 Å². The van der Waals surface area contributed by atoms with Crippen LogP contribution in [-0.2, 0) is 4.79 Å². The van der Waals surface area contributed by atoms with Gasteiger partial charge in [-0.05, 0) is 29.8 Å². The Morgan fingerprint density at radius 2 is 1.81 bits per heavy atom. The smallest absolute Gasteiger partial charge is 0.313 e. The van der Waals surface area contributed by atoms with Crippen LogP contribution in [0.5, 0.6) is 17.2 Å². The molecule has 0 N–H and O–H groups in total. The maximum Gasteiger partial charge on any atom is 0.313 e. The lowest BCUT2D eigenvalue weighted by atomic mass is 10.0. The third-order valence-electron chi connectivity index (χ3n) is 4.29. The summed E-state index contributed by atoms with van der Waals surface area (Å²) in [6, 6.07) is 10.1. The molecule has 0 saturated heterocycles. The Bertz CT molecular complexity index is 1080. The van der Waals surface area contributed by atoms with E-state index in [1.54, 1.807) is 50.2 Å². The van der Waals surface area contributed by atoms with Gasteiger partial charge in [-0.25, -0.2) is 0 Å². The van der Waals surface area contributed by atoms with Crippen LogP contribution in [0, 0.1) is 5.92 Å². The van der Waals surface area contributed by atoms with Crippen molar-refractivity contribution >= 4 is 16.9 Å². The van der Waals surface area contributed by atoms with Gasteiger partial charge in [0.05, 0.1) is 16.9 Å². The molecule has 3 aromatic rings. The Morgan fingerprint density at radius 3 is 2.59 bits per heavy atom. The van der Waals surface area contributed by atoms with Gasteiger partial charge in [-0.15, -0.1) is 0 Å². The zero-order chi connectivity index (χ0) is 19.0. The summed E-state index contributed by atoms with van der Waals surface area (Å²) in [4.78, 5) is 24.6. The van der Waals surface area contributed by atoms with Crippen LogP contribution < -0.4 is 19.6 Å². The highest BCUT2D eigenvalue weighted by atomic mass is 16.6. The van der Waals surface area contributed by atoms with Gasteiger partial charge in [-0.3, -0.25) is 9.59 Å². The molecule has 0 radical (unpaired) electrons. The molecule has 1 aromatic heterocycles. The van der Waals surface area contributed by atoms with Crippen molar-refractivity contribution in [2.45, 2.75) is 13.8 Å². The molecular weight excluding hydrogens is 348 g/mol. The number of carbonyl (C=O) groups is 1. The normalized spacial score (nSPS) is 13.0. The SMILES string of the molecule is CC(C)C(=O)Oc1ccc2c(=O)c(-c3ccc4c(c3)OCCO4)coc2c1. The summed E-state index contributed by atoms with van der Waals surface area (Å²) in [6.45, 7) is 4.49. The second kappa shape index (κ2) is 6.79. The van der Waals surface area contributed by atoms with Gasteiger partial charge in [-0.2, -0.15) is 0 Å². The Hall–Kier alpha value is -3.28. The van der Waals surface area contributed by atoms with Gasteiger partial charge < -0.3 is 18.6 Å². The molecule has 0 amide bonds. The van der Waals surface area contributed by atoms with Crippen molar-refractivity contribution in [1.29, 1.82) is 0 Å². The van der Waals surface area contributed by atoms with Crippen molar-refractivity contribution in [2.75, 3.05) is 13.2 Å². The molecule has 1 aliphatic rings. The molecule has 2 aromatic carbocycles. The average molecular weight is 366 g/mol. The molecule has 4 rings (SSSR count). The third-order valence-corrected chi connectivity index (χ3v) is 4.29. The van der Waals surface area contributed by atoms with Gasteiger partial charge in [0.25, 0.3) is 0 Å². The van der Waals surface area contributed by atoms with E-state index < -0.39 is 0 Å². The molecule has 0 fully saturated rings. The largest absolute Gasteiger partial charge is 0.486 e. The minimum Gasteiger partial charge on any atom is -0.486 e. The lowest BCUT2D eigenvalue weighted by Crippen LogP contribution is -2.15. The van der Waals surface area contributed by atoms with Gasteiger partial charge in [0, 0.05) is 6.07 Å². The molecule has 0 atom stereocenters. The molecule has 138 valence electrons. The fourth-order valence-electron chi connectivity index (χ4n) is 2.82. The first-order chi connectivity index (χ1) is 13.0.